The number of ether oxygens (including phenoxy) is 1. The number of rotatable bonds is 3. The van der Waals surface area contributed by atoms with Gasteiger partial charge in [-0.2, -0.15) is 4.98 Å². The van der Waals surface area contributed by atoms with E-state index in [4.69, 9.17) is 14.7 Å². The van der Waals surface area contributed by atoms with E-state index in [1.54, 1.807) is 0 Å². The number of morpholine rings is 1. The molecule has 3 aliphatic heterocycles. The molecule has 2 fully saturated rings. The van der Waals surface area contributed by atoms with E-state index in [9.17, 15) is 4.79 Å². The van der Waals surface area contributed by atoms with Crippen molar-refractivity contribution in [3.8, 4) is 0 Å². The molecule has 0 bridgehead atoms. The van der Waals surface area contributed by atoms with Gasteiger partial charge in [-0.15, -0.1) is 11.3 Å². The van der Waals surface area contributed by atoms with E-state index in [-0.39, 0.29) is 5.91 Å². The minimum absolute atomic E-state index is 0.118. The Labute approximate surface area is 175 Å². The Morgan fingerprint density at radius 3 is 2.59 bits per heavy atom. The quantitative estimate of drug-likeness (QED) is 0.771. The number of hydrogen-bond donors (Lipinski definition) is 0. The number of thiophene rings is 1. The highest BCUT2D eigenvalue weighted by atomic mass is 32.1. The minimum atomic E-state index is 0.118. The molecule has 2 aromatic rings. The SMILES string of the molecule is O=C(c1cccs1)N1CCc2nc(N3CCOCC3)nc(N3CCCCC3)c2C1. The van der Waals surface area contributed by atoms with Crippen molar-refractivity contribution < 1.29 is 9.53 Å². The number of hydrogen-bond acceptors (Lipinski definition) is 7. The maximum Gasteiger partial charge on any atom is 0.264 e. The summed E-state index contributed by atoms with van der Waals surface area (Å²) in [5, 5.41) is 1.96. The van der Waals surface area contributed by atoms with Crippen molar-refractivity contribution in [1.82, 2.24) is 14.9 Å². The van der Waals surface area contributed by atoms with Crippen LogP contribution in [0.2, 0.25) is 0 Å². The predicted octanol–water partition coefficient (Wildman–Crippen LogP) is 2.56. The van der Waals surface area contributed by atoms with E-state index in [0.717, 1.165) is 73.7 Å². The first-order valence-corrected chi connectivity index (χ1v) is 11.5. The molecule has 7 nitrogen and oxygen atoms in total. The summed E-state index contributed by atoms with van der Waals surface area (Å²) in [5.41, 5.74) is 2.25. The number of amides is 1. The summed E-state index contributed by atoms with van der Waals surface area (Å²) in [6.45, 7) is 6.49. The first-order chi connectivity index (χ1) is 14.3. The van der Waals surface area contributed by atoms with Crippen molar-refractivity contribution in [2.45, 2.75) is 32.2 Å². The van der Waals surface area contributed by atoms with Crippen LogP contribution in [0.5, 0.6) is 0 Å². The molecule has 154 valence electrons. The Balaban J connectivity index is 1.48. The van der Waals surface area contributed by atoms with Gasteiger partial charge in [0.15, 0.2) is 0 Å². The zero-order valence-corrected chi connectivity index (χ0v) is 17.5. The summed E-state index contributed by atoms with van der Waals surface area (Å²) in [6.07, 6.45) is 4.46. The van der Waals surface area contributed by atoms with Crippen molar-refractivity contribution in [3.05, 3.63) is 33.6 Å². The number of fused-ring (bicyclic) bond motifs is 1. The molecule has 1 amide bonds. The Morgan fingerprint density at radius 2 is 1.83 bits per heavy atom. The lowest BCUT2D eigenvalue weighted by Crippen LogP contribution is -2.41. The zero-order valence-electron chi connectivity index (χ0n) is 16.7. The molecule has 0 atom stereocenters. The average Bonchev–Trinajstić information content (AvgIpc) is 3.34. The highest BCUT2D eigenvalue weighted by Crippen LogP contribution is 2.31. The van der Waals surface area contributed by atoms with Crippen LogP contribution >= 0.6 is 11.3 Å². The van der Waals surface area contributed by atoms with Crippen LogP contribution in [0.1, 0.15) is 40.2 Å². The summed E-state index contributed by atoms with van der Waals surface area (Å²) in [5.74, 6) is 1.98. The van der Waals surface area contributed by atoms with Crippen molar-refractivity contribution in [2.75, 3.05) is 55.7 Å². The molecule has 0 radical (unpaired) electrons. The van der Waals surface area contributed by atoms with Gasteiger partial charge in [0.2, 0.25) is 5.95 Å². The van der Waals surface area contributed by atoms with Gasteiger partial charge in [0.25, 0.3) is 5.91 Å². The Morgan fingerprint density at radius 1 is 1.00 bits per heavy atom. The van der Waals surface area contributed by atoms with Gasteiger partial charge < -0.3 is 19.4 Å². The van der Waals surface area contributed by atoms with Crippen LogP contribution in [0.15, 0.2) is 17.5 Å². The molecular formula is C21H27N5O2S. The Hall–Kier alpha value is -2.19. The third kappa shape index (κ3) is 3.83. The highest BCUT2D eigenvalue weighted by Gasteiger charge is 2.30. The molecule has 29 heavy (non-hydrogen) atoms. The normalized spacial score (nSPS) is 19.9. The average molecular weight is 414 g/mol. The molecule has 3 aliphatic rings. The number of aromatic nitrogens is 2. The third-order valence-corrected chi connectivity index (χ3v) is 6.85. The van der Waals surface area contributed by atoms with Crippen molar-refractivity contribution in [3.63, 3.8) is 0 Å². The smallest absolute Gasteiger partial charge is 0.264 e. The molecule has 0 saturated carbocycles. The lowest BCUT2D eigenvalue weighted by atomic mass is 10.0. The van der Waals surface area contributed by atoms with Gasteiger partial charge in [0.1, 0.15) is 5.82 Å². The highest BCUT2D eigenvalue weighted by molar-refractivity contribution is 7.12. The monoisotopic (exact) mass is 413 g/mol. The lowest BCUT2D eigenvalue weighted by molar-refractivity contribution is 0.0738. The van der Waals surface area contributed by atoms with E-state index in [2.05, 4.69) is 9.80 Å². The maximum atomic E-state index is 12.9. The Kier molecular flexibility index (Phi) is 5.37. The van der Waals surface area contributed by atoms with Crippen LogP contribution in [0.3, 0.4) is 0 Å². The van der Waals surface area contributed by atoms with Crippen LogP contribution in [-0.4, -0.2) is 66.7 Å². The summed E-state index contributed by atoms with van der Waals surface area (Å²) in [4.78, 5) is 30.3. The van der Waals surface area contributed by atoms with Crippen molar-refractivity contribution in [1.29, 1.82) is 0 Å². The van der Waals surface area contributed by atoms with Crippen LogP contribution in [0.4, 0.5) is 11.8 Å². The molecule has 8 heteroatoms. The number of carbonyl (C=O) groups is 1. The third-order valence-electron chi connectivity index (χ3n) is 6.00. The van der Waals surface area contributed by atoms with Crippen molar-refractivity contribution in [2.24, 2.45) is 0 Å². The minimum Gasteiger partial charge on any atom is -0.378 e. The fourth-order valence-corrected chi connectivity index (χ4v) is 5.08. The second kappa shape index (κ2) is 8.28. The van der Waals surface area contributed by atoms with Gasteiger partial charge in [-0.05, 0) is 30.7 Å². The molecule has 5 heterocycles. The van der Waals surface area contributed by atoms with Crippen LogP contribution in [0, 0.1) is 0 Å². The van der Waals surface area contributed by atoms with E-state index < -0.39 is 0 Å². The number of nitrogens with zero attached hydrogens (tertiary/aromatic N) is 5. The molecule has 0 N–H and O–H groups in total. The van der Waals surface area contributed by atoms with Crippen molar-refractivity contribution >= 4 is 29.0 Å². The summed E-state index contributed by atoms with van der Waals surface area (Å²) < 4.78 is 5.51. The fourth-order valence-electron chi connectivity index (χ4n) is 4.39. The number of carbonyl (C=O) groups excluding carboxylic acids is 1. The molecule has 0 aliphatic carbocycles. The molecular weight excluding hydrogens is 386 g/mol. The largest absolute Gasteiger partial charge is 0.378 e. The van der Waals surface area contributed by atoms with E-state index in [0.29, 0.717) is 13.1 Å². The summed E-state index contributed by atoms with van der Waals surface area (Å²) in [7, 11) is 0. The van der Waals surface area contributed by atoms with E-state index in [1.807, 2.05) is 22.4 Å². The van der Waals surface area contributed by atoms with Gasteiger partial charge in [-0.25, -0.2) is 4.98 Å². The molecule has 0 aromatic carbocycles. The number of anilines is 2. The van der Waals surface area contributed by atoms with Crippen LogP contribution in [0.25, 0.3) is 0 Å². The molecule has 2 saturated heterocycles. The van der Waals surface area contributed by atoms with E-state index in [1.165, 1.54) is 30.6 Å². The van der Waals surface area contributed by atoms with Crippen LogP contribution in [-0.2, 0) is 17.7 Å². The molecule has 2 aromatic heterocycles. The van der Waals surface area contributed by atoms with Crippen LogP contribution < -0.4 is 9.80 Å². The standard InChI is InChI=1S/C21H27N5O2S/c27-20(18-5-4-14-29-18)26-9-6-17-16(15-26)19(24-7-2-1-3-8-24)23-21(22-17)25-10-12-28-13-11-25/h4-5,14H,1-3,6-13,15H2. The lowest BCUT2D eigenvalue weighted by Gasteiger charge is -2.36. The van der Waals surface area contributed by atoms with Gasteiger partial charge in [-0.3, -0.25) is 4.79 Å². The topological polar surface area (TPSA) is 61.8 Å². The number of piperidine rings is 1. The second-order valence-electron chi connectivity index (χ2n) is 7.87. The zero-order chi connectivity index (χ0) is 19.6. The van der Waals surface area contributed by atoms with E-state index >= 15 is 0 Å². The van der Waals surface area contributed by atoms with Gasteiger partial charge >= 0.3 is 0 Å². The maximum absolute atomic E-state index is 12.9. The first-order valence-electron chi connectivity index (χ1n) is 10.6. The summed E-state index contributed by atoms with van der Waals surface area (Å²) in [6, 6.07) is 3.85. The molecule has 0 spiro atoms. The van der Waals surface area contributed by atoms with Gasteiger partial charge in [0, 0.05) is 44.7 Å². The molecule has 0 unspecified atom stereocenters. The summed E-state index contributed by atoms with van der Waals surface area (Å²) >= 11 is 1.51. The van der Waals surface area contributed by atoms with Gasteiger partial charge in [0.05, 0.1) is 30.3 Å². The first kappa shape index (κ1) is 18.8. The second-order valence-corrected chi connectivity index (χ2v) is 8.82. The Bertz CT molecular complexity index is 860. The fraction of sp³-hybridized carbons (Fsp3) is 0.571. The molecule has 5 rings (SSSR count). The predicted molar refractivity (Wildman–Crippen MR) is 114 cm³/mol. The van der Waals surface area contributed by atoms with Gasteiger partial charge in [-0.1, -0.05) is 6.07 Å².